The molecule has 0 saturated carbocycles. The van der Waals surface area contributed by atoms with E-state index < -0.39 is 11.7 Å². The Labute approximate surface area is 118 Å². The number of hydrogen-bond acceptors (Lipinski definition) is 3. The van der Waals surface area contributed by atoms with Gasteiger partial charge in [0.25, 0.3) is 0 Å². The number of nitrogens with zero attached hydrogens (tertiary/aromatic N) is 1. The Hall–Kier alpha value is -2.31. The lowest BCUT2D eigenvalue weighted by molar-refractivity contribution is -0.137. The first-order valence-electron chi connectivity index (χ1n) is 6.17. The standard InChI is InChI=1S/C14H13F4N3/c15-11-3-1-2-9(6-11)4-5-20-13-8-10(14(16,17)18)7-12(19)21-13/h1-3,6-8H,4-5H2,(H3,19,20,21). The van der Waals surface area contributed by atoms with Crippen molar-refractivity contribution >= 4 is 11.6 Å². The number of anilines is 2. The van der Waals surface area contributed by atoms with E-state index in [9.17, 15) is 17.6 Å². The van der Waals surface area contributed by atoms with Crippen molar-refractivity contribution in [1.29, 1.82) is 0 Å². The summed E-state index contributed by atoms with van der Waals surface area (Å²) in [5.74, 6) is -0.522. The number of rotatable bonds is 4. The van der Waals surface area contributed by atoms with E-state index in [-0.39, 0.29) is 17.5 Å². The van der Waals surface area contributed by atoms with E-state index >= 15 is 0 Å². The topological polar surface area (TPSA) is 50.9 Å². The second-order valence-electron chi connectivity index (χ2n) is 4.47. The average Bonchev–Trinajstić information content (AvgIpc) is 2.37. The number of alkyl halides is 3. The molecule has 0 aliphatic rings. The maximum Gasteiger partial charge on any atom is 0.416 e. The van der Waals surface area contributed by atoms with Gasteiger partial charge in [0.1, 0.15) is 17.5 Å². The third-order valence-electron chi connectivity index (χ3n) is 2.78. The van der Waals surface area contributed by atoms with Gasteiger partial charge in [-0.05, 0) is 36.2 Å². The summed E-state index contributed by atoms with van der Waals surface area (Å²) in [6, 6.07) is 7.67. The van der Waals surface area contributed by atoms with E-state index in [1.54, 1.807) is 12.1 Å². The molecule has 21 heavy (non-hydrogen) atoms. The summed E-state index contributed by atoms with van der Waals surface area (Å²) in [6.45, 7) is 0.317. The van der Waals surface area contributed by atoms with Crippen LogP contribution >= 0.6 is 0 Å². The van der Waals surface area contributed by atoms with E-state index in [0.717, 1.165) is 17.7 Å². The van der Waals surface area contributed by atoms with Crippen LogP contribution in [0.4, 0.5) is 29.2 Å². The molecule has 1 aromatic heterocycles. The zero-order valence-corrected chi connectivity index (χ0v) is 10.9. The third kappa shape index (κ3) is 4.34. The Bertz CT molecular complexity index is 626. The van der Waals surface area contributed by atoms with E-state index in [1.807, 2.05) is 0 Å². The second kappa shape index (κ2) is 5.99. The maximum absolute atomic E-state index is 13.0. The highest BCUT2D eigenvalue weighted by Gasteiger charge is 2.31. The molecule has 2 aromatic rings. The van der Waals surface area contributed by atoms with Gasteiger partial charge in [0, 0.05) is 6.54 Å². The summed E-state index contributed by atoms with van der Waals surface area (Å²) in [6.07, 6.45) is -4.02. The molecule has 0 bridgehead atoms. The summed E-state index contributed by atoms with van der Waals surface area (Å²) in [5, 5.41) is 2.75. The molecule has 3 nitrogen and oxygen atoms in total. The fourth-order valence-corrected chi connectivity index (χ4v) is 1.83. The van der Waals surface area contributed by atoms with Crippen molar-refractivity contribution in [3.8, 4) is 0 Å². The zero-order chi connectivity index (χ0) is 15.5. The monoisotopic (exact) mass is 299 g/mol. The van der Waals surface area contributed by atoms with Crippen molar-refractivity contribution < 1.29 is 17.6 Å². The van der Waals surface area contributed by atoms with Gasteiger partial charge in [-0.3, -0.25) is 0 Å². The molecular formula is C14H13F4N3. The SMILES string of the molecule is Nc1cc(C(F)(F)F)cc(NCCc2cccc(F)c2)n1. The summed E-state index contributed by atoms with van der Waals surface area (Å²) >= 11 is 0. The lowest BCUT2D eigenvalue weighted by atomic mass is 10.1. The van der Waals surface area contributed by atoms with Crippen molar-refractivity contribution in [2.24, 2.45) is 0 Å². The molecule has 0 unspecified atom stereocenters. The highest BCUT2D eigenvalue weighted by atomic mass is 19.4. The van der Waals surface area contributed by atoms with Crippen molar-refractivity contribution in [3.63, 3.8) is 0 Å². The number of benzene rings is 1. The summed E-state index contributed by atoms with van der Waals surface area (Å²) in [4.78, 5) is 3.79. The number of pyridine rings is 1. The van der Waals surface area contributed by atoms with Crippen LogP contribution in [0.5, 0.6) is 0 Å². The fraction of sp³-hybridized carbons (Fsp3) is 0.214. The van der Waals surface area contributed by atoms with Gasteiger partial charge in [-0.25, -0.2) is 9.37 Å². The van der Waals surface area contributed by atoms with Crippen molar-refractivity contribution in [2.75, 3.05) is 17.6 Å². The Morgan fingerprint density at radius 1 is 1.14 bits per heavy atom. The minimum absolute atomic E-state index is 0.0405. The van der Waals surface area contributed by atoms with Gasteiger partial charge in [0.05, 0.1) is 5.56 Å². The van der Waals surface area contributed by atoms with Crippen LogP contribution in [-0.2, 0) is 12.6 Å². The molecule has 0 amide bonds. The number of hydrogen-bond donors (Lipinski definition) is 2. The predicted molar refractivity (Wildman–Crippen MR) is 72.2 cm³/mol. The Morgan fingerprint density at radius 3 is 2.57 bits per heavy atom. The number of nitrogens with two attached hydrogens (primary N) is 1. The molecule has 7 heteroatoms. The molecule has 0 spiro atoms. The van der Waals surface area contributed by atoms with Gasteiger partial charge in [-0.2, -0.15) is 13.2 Å². The summed E-state index contributed by atoms with van der Waals surface area (Å²) in [5.41, 5.74) is 5.24. The van der Waals surface area contributed by atoms with Crippen LogP contribution in [0, 0.1) is 5.82 Å². The molecule has 2 rings (SSSR count). The average molecular weight is 299 g/mol. The van der Waals surface area contributed by atoms with Crippen LogP contribution in [0.1, 0.15) is 11.1 Å². The lowest BCUT2D eigenvalue weighted by Crippen LogP contribution is -2.11. The van der Waals surface area contributed by atoms with E-state index in [2.05, 4.69) is 10.3 Å². The highest BCUT2D eigenvalue weighted by molar-refractivity contribution is 5.47. The summed E-state index contributed by atoms with van der Waals surface area (Å²) < 4.78 is 50.9. The van der Waals surface area contributed by atoms with Gasteiger partial charge in [0.2, 0.25) is 0 Å². The fourth-order valence-electron chi connectivity index (χ4n) is 1.83. The van der Waals surface area contributed by atoms with Crippen LogP contribution in [0.25, 0.3) is 0 Å². The quantitative estimate of drug-likeness (QED) is 0.850. The molecule has 0 atom stereocenters. The third-order valence-corrected chi connectivity index (χ3v) is 2.78. The molecule has 0 radical (unpaired) electrons. The van der Waals surface area contributed by atoms with E-state index in [1.165, 1.54) is 12.1 Å². The first-order valence-corrected chi connectivity index (χ1v) is 6.17. The maximum atomic E-state index is 13.0. The minimum Gasteiger partial charge on any atom is -0.384 e. The van der Waals surface area contributed by atoms with Crippen LogP contribution < -0.4 is 11.1 Å². The molecule has 3 N–H and O–H groups in total. The van der Waals surface area contributed by atoms with Crippen LogP contribution in [0.15, 0.2) is 36.4 Å². The predicted octanol–water partition coefficient (Wildman–Crippen LogP) is 3.48. The van der Waals surface area contributed by atoms with Gasteiger partial charge in [0.15, 0.2) is 0 Å². The van der Waals surface area contributed by atoms with Crippen molar-refractivity contribution in [1.82, 2.24) is 4.98 Å². The Balaban J connectivity index is 2.02. The van der Waals surface area contributed by atoms with Gasteiger partial charge >= 0.3 is 6.18 Å². The first kappa shape index (κ1) is 15.1. The highest BCUT2D eigenvalue weighted by Crippen LogP contribution is 2.31. The lowest BCUT2D eigenvalue weighted by Gasteiger charge is -2.11. The van der Waals surface area contributed by atoms with Crippen molar-refractivity contribution in [2.45, 2.75) is 12.6 Å². The molecular weight excluding hydrogens is 286 g/mol. The largest absolute Gasteiger partial charge is 0.416 e. The normalized spacial score (nSPS) is 11.4. The van der Waals surface area contributed by atoms with E-state index in [4.69, 9.17) is 5.73 Å². The molecule has 1 heterocycles. The number of halogens is 4. The van der Waals surface area contributed by atoms with Gasteiger partial charge < -0.3 is 11.1 Å². The molecule has 0 aliphatic heterocycles. The molecule has 0 saturated heterocycles. The molecule has 0 aliphatic carbocycles. The minimum atomic E-state index is -4.48. The van der Waals surface area contributed by atoms with Gasteiger partial charge in [-0.1, -0.05) is 12.1 Å². The summed E-state index contributed by atoms with van der Waals surface area (Å²) in [7, 11) is 0. The number of nitrogens with one attached hydrogen (secondary N) is 1. The smallest absolute Gasteiger partial charge is 0.384 e. The van der Waals surface area contributed by atoms with Gasteiger partial charge in [-0.15, -0.1) is 0 Å². The molecule has 112 valence electrons. The number of aromatic nitrogens is 1. The van der Waals surface area contributed by atoms with Crippen molar-refractivity contribution in [3.05, 3.63) is 53.3 Å². The van der Waals surface area contributed by atoms with Crippen LogP contribution in [0.3, 0.4) is 0 Å². The van der Waals surface area contributed by atoms with E-state index in [0.29, 0.717) is 13.0 Å². The zero-order valence-electron chi connectivity index (χ0n) is 10.9. The Morgan fingerprint density at radius 2 is 1.90 bits per heavy atom. The Kier molecular flexibility index (Phi) is 4.30. The first-order chi connectivity index (χ1) is 9.84. The van der Waals surface area contributed by atoms with Crippen LogP contribution in [-0.4, -0.2) is 11.5 Å². The number of nitrogen functional groups attached to an aromatic ring is 1. The second-order valence-corrected chi connectivity index (χ2v) is 4.47. The van der Waals surface area contributed by atoms with Crippen LogP contribution in [0.2, 0.25) is 0 Å². The molecule has 1 aromatic carbocycles. The molecule has 0 fully saturated rings.